The number of anilines is 1. The summed E-state index contributed by atoms with van der Waals surface area (Å²) < 4.78 is 6.91. The highest BCUT2D eigenvalue weighted by atomic mass is 16.5. The summed E-state index contributed by atoms with van der Waals surface area (Å²) in [6.07, 6.45) is 6.61. The molecule has 1 aliphatic carbocycles. The fourth-order valence-electron chi connectivity index (χ4n) is 2.74. The Morgan fingerprint density at radius 1 is 1.43 bits per heavy atom. The van der Waals surface area contributed by atoms with Gasteiger partial charge in [0.05, 0.1) is 18.0 Å². The number of methoxy groups -OCH3 is 1. The van der Waals surface area contributed by atoms with Crippen LogP contribution in [-0.2, 0) is 11.3 Å². The van der Waals surface area contributed by atoms with Crippen molar-refractivity contribution >= 4 is 5.69 Å². The molecule has 0 amide bonds. The first-order chi connectivity index (χ1) is 10.3. The molecule has 0 bridgehead atoms. The number of aromatic nitrogens is 2. The Labute approximate surface area is 125 Å². The van der Waals surface area contributed by atoms with Crippen molar-refractivity contribution in [1.82, 2.24) is 15.1 Å². The van der Waals surface area contributed by atoms with Gasteiger partial charge >= 0.3 is 0 Å². The summed E-state index contributed by atoms with van der Waals surface area (Å²) in [7, 11) is 1.74. The summed E-state index contributed by atoms with van der Waals surface area (Å²) in [5.74, 6) is 0. The summed E-state index contributed by atoms with van der Waals surface area (Å²) in [4.78, 5) is 14.3. The molecule has 21 heavy (non-hydrogen) atoms. The summed E-state index contributed by atoms with van der Waals surface area (Å²) in [5, 5.41) is 7.75. The van der Waals surface area contributed by atoms with E-state index in [1.807, 2.05) is 0 Å². The Bertz CT molecular complexity index is 527. The van der Waals surface area contributed by atoms with Crippen molar-refractivity contribution in [3.05, 3.63) is 22.6 Å². The van der Waals surface area contributed by atoms with Gasteiger partial charge in [-0.15, -0.1) is 0 Å². The monoisotopic (exact) mass is 292 g/mol. The van der Waals surface area contributed by atoms with Gasteiger partial charge in [0.15, 0.2) is 0 Å². The van der Waals surface area contributed by atoms with Crippen LogP contribution in [0.5, 0.6) is 0 Å². The number of rotatable bonds is 7. The van der Waals surface area contributed by atoms with Crippen LogP contribution in [0, 0.1) is 0 Å². The lowest BCUT2D eigenvalue weighted by molar-refractivity contribution is 0.121. The number of nitrogens with zero attached hydrogens (tertiary/aromatic N) is 3. The molecule has 0 spiro atoms. The lowest BCUT2D eigenvalue weighted by atomic mass is 10.3. The minimum absolute atomic E-state index is 0.0141. The van der Waals surface area contributed by atoms with Crippen molar-refractivity contribution in [3.63, 3.8) is 0 Å². The van der Waals surface area contributed by atoms with Crippen LogP contribution in [0.15, 0.2) is 17.1 Å². The molecule has 2 aliphatic rings. The number of hydrogen-bond acceptors (Lipinski definition) is 5. The van der Waals surface area contributed by atoms with Crippen LogP contribution in [-0.4, -0.2) is 48.7 Å². The van der Waals surface area contributed by atoms with E-state index in [-0.39, 0.29) is 11.7 Å². The largest absolute Gasteiger partial charge is 0.380 e. The van der Waals surface area contributed by atoms with E-state index in [0.29, 0.717) is 6.54 Å². The van der Waals surface area contributed by atoms with Gasteiger partial charge in [-0.25, -0.2) is 4.68 Å². The van der Waals surface area contributed by atoms with E-state index >= 15 is 0 Å². The quantitative estimate of drug-likeness (QED) is 0.746. The lowest BCUT2D eigenvalue weighted by Crippen LogP contribution is -2.28. The highest BCUT2D eigenvalue weighted by Crippen LogP contribution is 2.19. The normalized spacial score (nSPS) is 22.0. The van der Waals surface area contributed by atoms with Crippen molar-refractivity contribution in [3.8, 4) is 0 Å². The second-order valence-corrected chi connectivity index (χ2v) is 5.95. The highest BCUT2D eigenvalue weighted by molar-refractivity contribution is 5.44. The standard InChI is InChI=1S/C15H24N4O2/c1-21-14-5-8-18(11-14)13-9-15(20)19(17-10-13)7-2-6-16-12-3-4-12/h9-10,12,14,16H,2-8,11H2,1H3. The van der Waals surface area contributed by atoms with Gasteiger partial charge in [0.25, 0.3) is 5.56 Å². The second-order valence-electron chi connectivity index (χ2n) is 5.95. The van der Waals surface area contributed by atoms with Crippen molar-refractivity contribution in [2.24, 2.45) is 0 Å². The summed E-state index contributed by atoms with van der Waals surface area (Å²) in [5.41, 5.74) is 0.895. The maximum absolute atomic E-state index is 12.1. The van der Waals surface area contributed by atoms with Crippen LogP contribution >= 0.6 is 0 Å². The molecule has 116 valence electrons. The molecule has 1 unspecified atom stereocenters. The summed E-state index contributed by atoms with van der Waals surface area (Å²) in [6.45, 7) is 3.41. The molecule has 1 atom stereocenters. The fourth-order valence-corrected chi connectivity index (χ4v) is 2.74. The SMILES string of the molecule is COC1CCN(c2cnn(CCCNC3CC3)c(=O)c2)C1. The molecule has 1 saturated carbocycles. The Morgan fingerprint density at radius 2 is 2.29 bits per heavy atom. The smallest absolute Gasteiger partial charge is 0.268 e. The summed E-state index contributed by atoms with van der Waals surface area (Å²) >= 11 is 0. The molecule has 1 aromatic rings. The molecule has 6 nitrogen and oxygen atoms in total. The number of ether oxygens (including phenoxy) is 1. The molecule has 2 heterocycles. The third kappa shape index (κ3) is 3.83. The van der Waals surface area contributed by atoms with Crippen LogP contribution in [0.25, 0.3) is 0 Å². The second kappa shape index (κ2) is 6.58. The zero-order valence-corrected chi connectivity index (χ0v) is 12.6. The topological polar surface area (TPSA) is 59.4 Å². The Balaban J connectivity index is 1.53. The van der Waals surface area contributed by atoms with E-state index in [9.17, 15) is 4.79 Å². The molecule has 0 aromatic carbocycles. The maximum Gasteiger partial charge on any atom is 0.268 e. The number of nitrogens with one attached hydrogen (secondary N) is 1. The molecular weight excluding hydrogens is 268 g/mol. The molecule has 0 radical (unpaired) electrons. The molecular formula is C15H24N4O2. The Hall–Kier alpha value is -1.40. The minimum atomic E-state index is -0.0141. The van der Waals surface area contributed by atoms with Crippen molar-refractivity contribution < 1.29 is 4.74 Å². The van der Waals surface area contributed by atoms with E-state index < -0.39 is 0 Å². The van der Waals surface area contributed by atoms with E-state index in [4.69, 9.17) is 4.74 Å². The van der Waals surface area contributed by atoms with Crippen LogP contribution < -0.4 is 15.8 Å². The Morgan fingerprint density at radius 3 is 2.95 bits per heavy atom. The van der Waals surface area contributed by atoms with Crippen LogP contribution in [0.4, 0.5) is 5.69 Å². The van der Waals surface area contributed by atoms with E-state index in [0.717, 1.165) is 44.2 Å². The molecule has 6 heteroatoms. The average Bonchev–Trinajstić information content (AvgIpc) is 3.19. The highest BCUT2D eigenvalue weighted by Gasteiger charge is 2.23. The van der Waals surface area contributed by atoms with Crippen molar-refractivity contribution in [1.29, 1.82) is 0 Å². The zero-order valence-electron chi connectivity index (χ0n) is 12.6. The van der Waals surface area contributed by atoms with E-state index in [1.54, 1.807) is 24.1 Å². The first-order valence-electron chi connectivity index (χ1n) is 7.84. The van der Waals surface area contributed by atoms with Gasteiger partial charge in [-0.05, 0) is 32.2 Å². The molecule has 2 fully saturated rings. The minimum Gasteiger partial charge on any atom is -0.380 e. The third-order valence-corrected chi connectivity index (χ3v) is 4.26. The molecule has 1 aliphatic heterocycles. The van der Waals surface area contributed by atoms with Gasteiger partial charge in [-0.1, -0.05) is 0 Å². The van der Waals surface area contributed by atoms with Gasteiger partial charge in [0.1, 0.15) is 0 Å². The summed E-state index contributed by atoms with van der Waals surface area (Å²) in [6, 6.07) is 2.42. The van der Waals surface area contributed by atoms with E-state index in [2.05, 4.69) is 15.3 Å². The molecule has 1 N–H and O–H groups in total. The zero-order chi connectivity index (χ0) is 14.7. The predicted octanol–water partition coefficient (Wildman–Crippen LogP) is 0.611. The average molecular weight is 292 g/mol. The molecule has 1 aromatic heterocycles. The van der Waals surface area contributed by atoms with Gasteiger partial charge in [-0.3, -0.25) is 4.79 Å². The fraction of sp³-hybridized carbons (Fsp3) is 0.733. The van der Waals surface area contributed by atoms with Crippen LogP contribution in [0.3, 0.4) is 0 Å². The van der Waals surface area contributed by atoms with Gasteiger partial charge in [-0.2, -0.15) is 5.10 Å². The molecule has 1 saturated heterocycles. The predicted molar refractivity (Wildman–Crippen MR) is 81.8 cm³/mol. The first-order valence-corrected chi connectivity index (χ1v) is 7.84. The van der Waals surface area contributed by atoms with Crippen molar-refractivity contribution in [2.45, 2.75) is 44.4 Å². The number of hydrogen-bond donors (Lipinski definition) is 1. The lowest BCUT2D eigenvalue weighted by Gasteiger charge is -2.18. The number of aryl methyl sites for hydroxylation is 1. The van der Waals surface area contributed by atoms with Gasteiger partial charge < -0.3 is 15.0 Å². The third-order valence-electron chi connectivity index (χ3n) is 4.26. The Kier molecular flexibility index (Phi) is 4.55. The van der Waals surface area contributed by atoms with Crippen molar-refractivity contribution in [2.75, 3.05) is 31.6 Å². The van der Waals surface area contributed by atoms with Crippen LogP contribution in [0.2, 0.25) is 0 Å². The molecule has 3 rings (SSSR count). The first kappa shape index (κ1) is 14.5. The van der Waals surface area contributed by atoms with Crippen LogP contribution in [0.1, 0.15) is 25.7 Å². The van der Waals surface area contributed by atoms with E-state index in [1.165, 1.54) is 12.8 Å². The van der Waals surface area contributed by atoms with Gasteiger partial charge in [0, 0.05) is 38.9 Å². The van der Waals surface area contributed by atoms with Gasteiger partial charge in [0.2, 0.25) is 0 Å². The maximum atomic E-state index is 12.1.